The third-order valence-electron chi connectivity index (χ3n) is 8.53. The van der Waals surface area contributed by atoms with Gasteiger partial charge in [-0.05, 0) is 66.7 Å². The van der Waals surface area contributed by atoms with E-state index in [1.807, 2.05) is 18.2 Å². The van der Waals surface area contributed by atoms with Crippen molar-refractivity contribution in [2.24, 2.45) is 0 Å². The summed E-state index contributed by atoms with van der Waals surface area (Å²) < 4.78 is 4.63. The van der Waals surface area contributed by atoms with Crippen LogP contribution in [0.3, 0.4) is 0 Å². The van der Waals surface area contributed by atoms with Crippen LogP contribution in [0.25, 0.3) is 77.6 Å². The second kappa shape index (κ2) is 9.79. The SMILES string of the molecule is c1ccc(-c2nc(-c3ccc4c(c3)c3cc5ccn(-c6ccccc6)c5cc3n4-c3ccccc3)nc3ccccc23)cc1. The molecule has 4 nitrogen and oxygen atoms in total. The van der Waals surface area contributed by atoms with Crippen molar-refractivity contribution in [1.29, 1.82) is 0 Å². The Morgan fingerprint density at radius 1 is 0.432 bits per heavy atom. The first-order valence-corrected chi connectivity index (χ1v) is 14.8. The Bertz CT molecular complexity index is 2470. The van der Waals surface area contributed by atoms with Gasteiger partial charge in [0.2, 0.25) is 0 Å². The van der Waals surface area contributed by atoms with Gasteiger partial charge in [0.15, 0.2) is 5.82 Å². The molecule has 4 heteroatoms. The molecule has 3 heterocycles. The summed E-state index contributed by atoms with van der Waals surface area (Å²) in [5.74, 6) is 0.723. The first kappa shape index (κ1) is 24.6. The van der Waals surface area contributed by atoms with Gasteiger partial charge < -0.3 is 9.13 Å². The van der Waals surface area contributed by atoms with Crippen molar-refractivity contribution in [3.05, 3.63) is 158 Å². The van der Waals surface area contributed by atoms with E-state index in [1.165, 1.54) is 21.7 Å². The van der Waals surface area contributed by atoms with Crippen LogP contribution in [0.1, 0.15) is 0 Å². The molecule has 0 bridgehead atoms. The zero-order valence-corrected chi connectivity index (χ0v) is 23.8. The Morgan fingerprint density at radius 3 is 1.91 bits per heavy atom. The van der Waals surface area contributed by atoms with Gasteiger partial charge in [-0.15, -0.1) is 0 Å². The molecule has 9 rings (SSSR count). The maximum atomic E-state index is 5.16. The van der Waals surface area contributed by atoms with E-state index < -0.39 is 0 Å². The van der Waals surface area contributed by atoms with Gasteiger partial charge in [-0.3, -0.25) is 0 Å². The quantitative estimate of drug-likeness (QED) is 0.214. The van der Waals surface area contributed by atoms with Gasteiger partial charge in [-0.25, -0.2) is 9.97 Å². The number of hydrogen-bond donors (Lipinski definition) is 0. The fourth-order valence-corrected chi connectivity index (χ4v) is 6.48. The highest BCUT2D eigenvalue weighted by atomic mass is 15.0. The molecule has 0 spiro atoms. The average Bonchev–Trinajstić information content (AvgIpc) is 3.66. The summed E-state index contributed by atoms with van der Waals surface area (Å²) in [5, 5.41) is 4.63. The number of fused-ring (bicyclic) bond motifs is 5. The maximum Gasteiger partial charge on any atom is 0.160 e. The molecule has 0 unspecified atom stereocenters. The smallest absolute Gasteiger partial charge is 0.160 e. The zero-order valence-electron chi connectivity index (χ0n) is 23.8. The summed E-state index contributed by atoms with van der Waals surface area (Å²) in [7, 11) is 0. The molecule has 3 aromatic heterocycles. The van der Waals surface area contributed by atoms with Crippen molar-refractivity contribution in [3.8, 4) is 34.0 Å². The fraction of sp³-hybridized carbons (Fsp3) is 0. The summed E-state index contributed by atoms with van der Waals surface area (Å²) >= 11 is 0. The molecule has 0 radical (unpaired) electrons. The zero-order chi connectivity index (χ0) is 29.0. The van der Waals surface area contributed by atoms with Gasteiger partial charge >= 0.3 is 0 Å². The third-order valence-corrected chi connectivity index (χ3v) is 8.53. The maximum absolute atomic E-state index is 5.16. The lowest BCUT2D eigenvalue weighted by Gasteiger charge is -2.10. The predicted octanol–water partition coefficient (Wildman–Crippen LogP) is 10.0. The van der Waals surface area contributed by atoms with Crippen molar-refractivity contribution in [2.75, 3.05) is 0 Å². The molecule has 0 aliphatic carbocycles. The predicted molar refractivity (Wildman–Crippen MR) is 182 cm³/mol. The lowest BCUT2D eigenvalue weighted by Crippen LogP contribution is -1.96. The molecule has 9 aromatic rings. The van der Waals surface area contributed by atoms with Crippen molar-refractivity contribution in [2.45, 2.75) is 0 Å². The molecule has 0 fully saturated rings. The van der Waals surface area contributed by atoms with Crippen LogP contribution in [0, 0.1) is 0 Å². The lowest BCUT2D eigenvalue weighted by molar-refractivity contribution is 1.12. The first-order chi connectivity index (χ1) is 21.8. The summed E-state index contributed by atoms with van der Waals surface area (Å²) in [5.41, 5.74) is 9.73. The van der Waals surface area contributed by atoms with Gasteiger partial charge in [0.05, 0.1) is 27.8 Å². The fourth-order valence-electron chi connectivity index (χ4n) is 6.48. The van der Waals surface area contributed by atoms with Crippen LogP contribution in [-0.2, 0) is 0 Å². The number of aromatic nitrogens is 4. The van der Waals surface area contributed by atoms with Gasteiger partial charge in [-0.2, -0.15) is 0 Å². The molecule has 0 saturated carbocycles. The molecule has 44 heavy (non-hydrogen) atoms. The van der Waals surface area contributed by atoms with Crippen molar-refractivity contribution in [1.82, 2.24) is 19.1 Å². The van der Waals surface area contributed by atoms with Crippen molar-refractivity contribution >= 4 is 43.6 Å². The molecule has 6 aromatic carbocycles. The van der Waals surface area contributed by atoms with E-state index >= 15 is 0 Å². The second-order valence-corrected chi connectivity index (χ2v) is 11.1. The Balaban J connectivity index is 1.31. The normalized spacial score (nSPS) is 11.6. The van der Waals surface area contributed by atoms with Crippen molar-refractivity contribution < 1.29 is 0 Å². The summed E-state index contributed by atoms with van der Waals surface area (Å²) in [4.78, 5) is 10.2. The Labute approximate surface area is 254 Å². The highest BCUT2D eigenvalue weighted by molar-refractivity contribution is 6.14. The van der Waals surface area contributed by atoms with Crippen LogP contribution in [0.4, 0.5) is 0 Å². The molecule has 0 saturated heterocycles. The number of nitrogens with zero attached hydrogens (tertiary/aromatic N) is 4. The van der Waals surface area contributed by atoms with Gasteiger partial charge in [-0.1, -0.05) is 84.9 Å². The first-order valence-electron chi connectivity index (χ1n) is 14.8. The summed E-state index contributed by atoms with van der Waals surface area (Å²) in [6.45, 7) is 0. The van der Waals surface area contributed by atoms with Crippen LogP contribution < -0.4 is 0 Å². The molecular formula is C40H26N4. The number of benzene rings is 6. The van der Waals surface area contributed by atoms with Gasteiger partial charge in [0.1, 0.15) is 0 Å². The molecule has 0 aliphatic heterocycles. The minimum absolute atomic E-state index is 0.723. The van der Waals surface area contributed by atoms with E-state index in [1.54, 1.807) is 0 Å². The standard InChI is InChI=1S/C40H26N4/c1-4-12-27(13-5-1)39-32-18-10-11-19-35(32)41-40(42-39)29-20-21-36-33(25-29)34-24-28-22-23-43(30-14-6-2-7-15-30)37(28)26-38(34)44(36)31-16-8-3-9-17-31/h1-26H. The Morgan fingerprint density at radius 2 is 1.11 bits per heavy atom. The number of para-hydroxylation sites is 3. The minimum atomic E-state index is 0.723. The van der Waals surface area contributed by atoms with Gasteiger partial charge in [0, 0.05) is 50.2 Å². The van der Waals surface area contributed by atoms with Crippen LogP contribution in [0.5, 0.6) is 0 Å². The summed E-state index contributed by atoms with van der Waals surface area (Å²) in [6.07, 6.45) is 2.16. The van der Waals surface area contributed by atoms with E-state index in [0.29, 0.717) is 0 Å². The average molecular weight is 563 g/mol. The van der Waals surface area contributed by atoms with E-state index in [4.69, 9.17) is 9.97 Å². The van der Waals surface area contributed by atoms with E-state index in [-0.39, 0.29) is 0 Å². The minimum Gasteiger partial charge on any atom is -0.316 e. The number of hydrogen-bond acceptors (Lipinski definition) is 2. The Hall–Kier alpha value is -6.00. The molecule has 0 aliphatic rings. The summed E-state index contributed by atoms with van der Waals surface area (Å²) in [6, 6.07) is 53.3. The van der Waals surface area contributed by atoms with Crippen LogP contribution in [-0.4, -0.2) is 19.1 Å². The largest absolute Gasteiger partial charge is 0.316 e. The molecule has 0 amide bonds. The van der Waals surface area contributed by atoms with E-state index in [9.17, 15) is 0 Å². The second-order valence-electron chi connectivity index (χ2n) is 11.1. The lowest BCUT2D eigenvalue weighted by atomic mass is 10.0. The Kier molecular flexibility index (Phi) is 5.47. The van der Waals surface area contributed by atoms with Crippen LogP contribution in [0.2, 0.25) is 0 Å². The van der Waals surface area contributed by atoms with E-state index in [2.05, 4.69) is 149 Å². The monoisotopic (exact) mass is 562 g/mol. The van der Waals surface area contributed by atoms with E-state index in [0.717, 1.165) is 56.0 Å². The highest BCUT2D eigenvalue weighted by Gasteiger charge is 2.18. The third kappa shape index (κ3) is 3.85. The van der Waals surface area contributed by atoms with Gasteiger partial charge in [0.25, 0.3) is 0 Å². The highest BCUT2D eigenvalue weighted by Crippen LogP contribution is 2.38. The molecular weight excluding hydrogens is 536 g/mol. The number of rotatable bonds is 4. The van der Waals surface area contributed by atoms with Crippen LogP contribution in [0.15, 0.2) is 158 Å². The van der Waals surface area contributed by atoms with Crippen molar-refractivity contribution in [3.63, 3.8) is 0 Å². The molecule has 0 N–H and O–H groups in total. The molecule has 0 atom stereocenters. The molecule has 206 valence electrons. The topological polar surface area (TPSA) is 35.6 Å². The van der Waals surface area contributed by atoms with Crippen LogP contribution >= 0.6 is 0 Å².